The van der Waals surface area contributed by atoms with Gasteiger partial charge in [0.25, 0.3) is 0 Å². The zero-order chi connectivity index (χ0) is 14.1. The van der Waals surface area contributed by atoms with Gasteiger partial charge >= 0.3 is 5.63 Å². The van der Waals surface area contributed by atoms with Gasteiger partial charge in [0.15, 0.2) is 0 Å². The number of fused-ring (bicyclic) bond motifs is 1. The standard InChI is InChI=1S/C16H12O3S/c1-11-6-8-13(9-7-11)20(18)15-10-12-4-2-3-5-14(12)19-16(15)17/h2-10H,1H3. The Kier molecular flexibility index (Phi) is 3.24. The Morgan fingerprint density at radius 1 is 1.00 bits per heavy atom. The molecule has 0 radical (unpaired) electrons. The lowest BCUT2D eigenvalue weighted by Crippen LogP contribution is -2.09. The molecule has 3 nitrogen and oxygen atoms in total. The first kappa shape index (κ1) is 12.8. The lowest BCUT2D eigenvalue weighted by Gasteiger charge is -2.03. The Hall–Kier alpha value is -2.20. The molecule has 0 spiro atoms. The van der Waals surface area contributed by atoms with E-state index in [0.717, 1.165) is 10.9 Å². The molecule has 0 aliphatic carbocycles. The first-order chi connectivity index (χ1) is 9.65. The Morgan fingerprint density at radius 2 is 1.70 bits per heavy atom. The molecule has 0 aliphatic rings. The summed E-state index contributed by atoms with van der Waals surface area (Å²) in [5, 5.41) is 0.766. The summed E-state index contributed by atoms with van der Waals surface area (Å²) in [7, 11) is -1.53. The molecule has 3 rings (SSSR count). The first-order valence-corrected chi connectivity index (χ1v) is 7.31. The molecule has 100 valence electrons. The number of rotatable bonds is 2. The van der Waals surface area contributed by atoms with Crippen LogP contribution in [-0.4, -0.2) is 4.21 Å². The summed E-state index contributed by atoms with van der Waals surface area (Å²) in [4.78, 5) is 12.7. The maximum atomic E-state index is 12.5. The molecular formula is C16H12O3S. The van der Waals surface area contributed by atoms with Crippen LogP contribution < -0.4 is 5.63 Å². The number of hydrogen-bond donors (Lipinski definition) is 0. The maximum Gasteiger partial charge on any atom is 0.353 e. The molecule has 0 bridgehead atoms. The van der Waals surface area contributed by atoms with Gasteiger partial charge in [0.1, 0.15) is 10.5 Å². The Morgan fingerprint density at radius 3 is 2.45 bits per heavy atom. The zero-order valence-electron chi connectivity index (χ0n) is 10.8. The van der Waals surface area contributed by atoms with Crippen molar-refractivity contribution in [2.45, 2.75) is 16.7 Å². The van der Waals surface area contributed by atoms with Gasteiger partial charge in [0.05, 0.1) is 10.8 Å². The zero-order valence-corrected chi connectivity index (χ0v) is 11.6. The largest absolute Gasteiger partial charge is 0.422 e. The lowest BCUT2D eigenvalue weighted by atomic mass is 10.2. The fourth-order valence-electron chi connectivity index (χ4n) is 1.96. The average Bonchev–Trinajstić information content (AvgIpc) is 2.46. The van der Waals surface area contributed by atoms with Crippen molar-refractivity contribution >= 4 is 21.8 Å². The highest BCUT2D eigenvalue weighted by Gasteiger charge is 2.14. The summed E-state index contributed by atoms with van der Waals surface area (Å²) < 4.78 is 17.7. The summed E-state index contributed by atoms with van der Waals surface area (Å²) in [6.07, 6.45) is 0. The maximum absolute atomic E-state index is 12.5. The van der Waals surface area contributed by atoms with Crippen LogP contribution in [0.1, 0.15) is 5.56 Å². The number of aryl methyl sites for hydroxylation is 1. The van der Waals surface area contributed by atoms with E-state index in [1.165, 1.54) is 0 Å². The van der Waals surface area contributed by atoms with E-state index < -0.39 is 16.4 Å². The SMILES string of the molecule is Cc1ccc(S(=O)c2cc3ccccc3oc2=O)cc1. The van der Waals surface area contributed by atoms with Gasteiger partial charge < -0.3 is 4.42 Å². The van der Waals surface area contributed by atoms with E-state index in [0.29, 0.717) is 10.5 Å². The Labute approximate surface area is 118 Å². The molecule has 0 N–H and O–H groups in total. The second-order valence-electron chi connectivity index (χ2n) is 4.52. The van der Waals surface area contributed by atoms with E-state index in [4.69, 9.17) is 4.42 Å². The van der Waals surface area contributed by atoms with E-state index in [-0.39, 0.29) is 4.90 Å². The molecule has 20 heavy (non-hydrogen) atoms. The van der Waals surface area contributed by atoms with Gasteiger partial charge in [-0.2, -0.15) is 0 Å². The predicted octanol–water partition coefficient (Wildman–Crippen LogP) is 3.27. The van der Waals surface area contributed by atoms with Crippen molar-refractivity contribution in [2.75, 3.05) is 0 Å². The minimum absolute atomic E-state index is 0.174. The van der Waals surface area contributed by atoms with Crippen molar-refractivity contribution in [3.63, 3.8) is 0 Å². The second kappa shape index (κ2) is 5.06. The van der Waals surface area contributed by atoms with Crippen LogP contribution in [0.2, 0.25) is 0 Å². The van der Waals surface area contributed by atoms with Gasteiger partial charge in [-0.1, -0.05) is 35.9 Å². The molecule has 1 aromatic heterocycles. The summed E-state index contributed by atoms with van der Waals surface area (Å²) >= 11 is 0. The highest BCUT2D eigenvalue weighted by atomic mass is 32.2. The van der Waals surface area contributed by atoms with Gasteiger partial charge in [-0.15, -0.1) is 0 Å². The highest BCUT2D eigenvalue weighted by Crippen LogP contribution is 2.19. The summed E-state index contributed by atoms with van der Waals surface area (Å²) in [6, 6.07) is 16.1. The molecular weight excluding hydrogens is 272 g/mol. The van der Waals surface area contributed by atoms with Crippen LogP contribution in [0.25, 0.3) is 11.0 Å². The second-order valence-corrected chi connectivity index (χ2v) is 5.97. The van der Waals surface area contributed by atoms with Crippen molar-refractivity contribution in [2.24, 2.45) is 0 Å². The van der Waals surface area contributed by atoms with Crippen LogP contribution in [0.3, 0.4) is 0 Å². The third kappa shape index (κ3) is 2.30. The van der Waals surface area contributed by atoms with E-state index in [2.05, 4.69) is 0 Å². The highest BCUT2D eigenvalue weighted by molar-refractivity contribution is 7.85. The smallest absolute Gasteiger partial charge is 0.353 e. The predicted molar refractivity (Wildman–Crippen MR) is 78.3 cm³/mol. The van der Waals surface area contributed by atoms with Crippen LogP contribution >= 0.6 is 0 Å². The van der Waals surface area contributed by atoms with Gasteiger partial charge in [0, 0.05) is 10.3 Å². The van der Waals surface area contributed by atoms with Crippen molar-refractivity contribution in [3.8, 4) is 0 Å². The number of benzene rings is 2. The lowest BCUT2D eigenvalue weighted by molar-refractivity contribution is 0.541. The van der Waals surface area contributed by atoms with E-state index in [1.54, 1.807) is 30.3 Å². The molecule has 0 saturated heterocycles. The molecule has 3 aromatic rings. The van der Waals surface area contributed by atoms with Crippen LogP contribution in [0.5, 0.6) is 0 Å². The molecule has 0 amide bonds. The first-order valence-electron chi connectivity index (χ1n) is 6.16. The molecule has 1 heterocycles. The quantitative estimate of drug-likeness (QED) is 0.679. The summed E-state index contributed by atoms with van der Waals surface area (Å²) in [6.45, 7) is 1.96. The summed E-state index contributed by atoms with van der Waals surface area (Å²) in [5.41, 5.74) is 1.03. The van der Waals surface area contributed by atoms with E-state index >= 15 is 0 Å². The summed E-state index contributed by atoms with van der Waals surface area (Å²) in [5.74, 6) is 0. The molecule has 1 atom stereocenters. The minimum Gasteiger partial charge on any atom is -0.422 e. The van der Waals surface area contributed by atoms with Gasteiger partial charge in [-0.05, 0) is 31.2 Å². The monoisotopic (exact) mass is 284 g/mol. The molecule has 0 aliphatic heterocycles. The average molecular weight is 284 g/mol. The molecule has 0 saturated carbocycles. The van der Waals surface area contributed by atoms with Crippen LogP contribution in [0.4, 0.5) is 0 Å². The van der Waals surface area contributed by atoms with Crippen molar-refractivity contribution in [1.29, 1.82) is 0 Å². The van der Waals surface area contributed by atoms with Crippen LogP contribution in [-0.2, 0) is 10.8 Å². The normalized spacial score (nSPS) is 12.4. The van der Waals surface area contributed by atoms with Crippen molar-refractivity contribution in [1.82, 2.24) is 0 Å². The van der Waals surface area contributed by atoms with Crippen LogP contribution in [0.15, 0.2) is 73.6 Å². The molecule has 1 unspecified atom stereocenters. The third-order valence-corrected chi connectivity index (χ3v) is 4.43. The number of hydrogen-bond acceptors (Lipinski definition) is 3. The Balaban J connectivity index is 2.14. The molecule has 4 heteroatoms. The van der Waals surface area contributed by atoms with Crippen LogP contribution in [0, 0.1) is 6.92 Å². The third-order valence-electron chi connectivity index (χ3n) is 3.04. The van der Waals surface area contributed by atoms with Gasteiger partial charge in [-0.3, -0.25) is 0 Å². The Bertz CT molecular complexity index is 847. The fraction of sp³-hybridized carbons (Fsp3) is 0.0625. The molecule has 2 aromatic carbocycles. The van der Waals surface area contributed by atoms with Crippen molar-refractivity contribution < 1.29 is 8.63 Å². The van der Waals surface area contributed by atoms with E-state index in [9.17, 15) is 9.00 Å². The van der Waals surface area contributed by atoms with Gasteiger partial charge in [0.2, 0.25) is 0 Å². The number of para-hydroxylation sites is 1. The van der Waals surface area contributed by atoms with Gasteiger partial charge in [-0.25, -0.2) is 9.00 Å². The fourth-order valence-corrected chi connectivity index (χ4v) is 3.03. The minimum atomic E-state index is -1.53. The van der Waals surface area contributed by atoms with Crippen molar-refractivity contribution in [3.05, 3.63) is 70.6 Å². The molecule has 0 fully saturated rings. The topological polar surface area (TPSA) is 47.3 Å². The van der Waals surface area contributed by atoms with E-state index in [1.807, 2.05) is 31.2 Å².